The maximum atomic E-state index is 14.5. The van der Waals surface area contributed by atoms with Crippen LogP contribution in [0.4, 0.5) is 0 Å². The number of nitrogens with zero attached hydrogens (tertiary/aromatic N) is 2. The second-order valence-corrected chi connectivity index (χ2v) is 16.3. The van der Waals surface area contributed by atoms with Gasteiger partial charge in [0.25, 0.3) is 0 Å². The van der Waals surface area contributed by atoms with Gasteiger partial charge < -0.3 is 10.0 Å². The lowest BCUT2D eigenvalue weighted by atomic mass is 9.34. The molecule has 8 unspecified atom stereocenters. The van der Waals surface area contributed by atoms with Crippen LogP contribution in [0.3, 0.4) is 0 Å². The molecule has 6 rings (SSSR count). The summed E-state index contributed by atoms with van der Waals surface area (Å²) in [5.74, 6) is 3.48. The van der Waals surface area contributed by atoms with E-state index in [0.29, 0.717) is 46.8 Å². The lowest BCUT2D eigenvalue weighted by molar-refractivity contribution is -0.211. The number of aliphatic hydroxyl groups is 1. The molecule has 5 aliphatic carbocycles. The van der Waals surface area contributed by atoms with E-state index in [0.717, 1.165) is 57.8 Å². The van der Waals surface area contributed by atoms with Gasteiger partial charge in [0, 0.05) is 26.2 Å². The predicted molar refractivity (Wildman–Crippen MR) is 159 cm³/mol. The fraction of sp³-hybridized carbons (Fsp3) is 0.914. The van der Waals surface area contributed by atoms with Crippen LogP contribution in [0.1, 0.15) is 106 Å². The minimum Gasteiger partial charge on any atom is -0.393 e. The third-order valence-electron chi connectivity index (χ3n) is 14.7. The van der Waals surface area contributed by atoms with Crippen molar-refractivity contribution in [2.24, 2.45) is 51.2 Å². The Hall–Kier alpha value is -0.710. The summed E-state index contributed by atoms with van der Waals surface area (Å²) in [5.41, 5.74) is 4.05. The molecule has 0 spiro atoms. The van der Waals surface area contributed by atoms with E-state index in [4.69, 9.17) is 0 Å². The van der Waals surface area contributed by atoms with Gasteiger partial charge in [0.2, 0.25) is 0 Å². The molecule has 0 radical (unpaired) electrons. The Morgan fingerprint density at radius 3 is 2.33 bits per heavy atom. The van der Waals surface area contributed by atoms with Crippen molar-refractivity contribution >= 4 is 5.78 Å². The number of hydrogen-bond acceptors (Lipinski definition) is 4. The maximum Gasteiger partial charge on any atom is 0.157 e. The number of aliphatic hydroxyl groups excluding tert-OH is 1. The Balaban J connectivity index is 1.34. The molecule has 220 valence electrons. The number of piperazine rings is 1. The third kappa shape index (κ3) is 3.96. The number of ketones is 1. The van der Waals surface area contributed by atoms with Crippen LogP contribution >= 0.6 is 0 Å². The van der Waals surface area contributed by atoms with Gasteiger partial charge in [0.1, 0.15) is 0 Å². The van der Waals surface area contributed by atoms with Crippen molar-refractivity contribution in [3.8, 4) is 0 Å². The molecule has 9 atom stereocenters. The van der Waals surface area contributed by atoms with Gasteiger partial charge in [-0.25, -0.2) is 0 Å². The predicted octanol–water partition coefficient (Wildman–Crippen LogP) is 6.58. The number of fused-ring (bicyclic) bond motifs is 7. The van der Waals surface area contributed by atoms with Crippen molar-refractivity contribution in [2.45, 2.75) is 112 Å². The molecule has 0 aromatic carbocycles. The lowest BCUT2D eigenvalue weighted by Gasteiger charge is -2.71. The van der Waals surface area contributed by atoms with E-state index < -0.39 is 0 Å². The highest BCUT2D eigenvalue weighted by molar-refractivity contribution is 5.91. The van der Waals surface area contributed by atoms with E-state index >= 15 is 0 Å². The lowest BCUT2D eigenvalue weighted by Crippen LogP contribution is -2.64. The average molecular weight is 539 g/mol. The fourth-order valence-corrected chi connectivity index (χ4v) is 12.1. The Labute approximate surface area is 239 Å². The molecule has 1 saturated heterocycles. The smallest absolute Gasteiger partial charge is 0.157 e. The maximum absolute atomic E-state index is 14.5. The van der Waals surface area contributed by atoms with Crippen molar-refractivity contribution in [3.63, 3.8) is 0 Å². The number of likely N-dealkylation sites (N-methyl/N-ethyl adjacent to an activating group) is 1. The SMILES string of the molecule is CC(C)C1=C2C3CCC4C5(C)CCC(O)C(C)C5CCC4(C)[C@]3(C)CCC2(C(=O)CN2CCN(C)CC2)CC1. The van der Waals surface area contributed by atoms with E-state index in [1.807, 2.05) is 0 Å². The van der Waals surface area contributed by atoms with Crippen LogP contribution in [-0.2, 0) is 4.79 Å². The first-order valence-electron chi connectivity index (χ1n) is 16.7. The molecule has 1 aliphatic heterocycles. The zero-order valence-electron chi connectivity index (χ0n) is 26.3. The second kappa shape index (κ2) is 9.66. The Bertz CT molecular complexity index is 1010. The van der Waals surface area contributed by atoms with E-state index in [1.54, 1.807) is 11.1 Å². The molecule has 4 nitrogen and oxygen atoms in total. The fourth-order valence-electron chi connectivity index (χ4n) is 12.1. The number of Topliss-reactive ketones (excluding diaryl/α,β-unsaturated/α-hetero) is 1. The van der Waals surface area contributed by atoms with Gasteiger partial charge in [-0.05, 0) is 117 Å². The summed E-state index contributed by atoms with van der Waals surface area (Å²) in [6, 6.07) is 0. The Kier molecular flexibility index (Phi) is 7.04. The molecular weight excluding hydrogens is 480 g/mol. The van der Waals surface area contributed by atoms with Crippen molar-refractivity contribution in [1.29, 1.82) is 0 Å². The van der Waals surface area contributed by atoms with Crippen molar-refractivity contribution in [1.82, 2.24) is 9.80 Å². The van der Waals surface area contributed by atoms with Crippen LogP contribution in [0.2, 0.25) is 0 Å². The van der Waals surface area contributed by atoms with Crippen LogP contribution in [0, 0.1) is 51.2 Å². The summed E-state index contributed by atoms with van der Waals surface area (Å²) in [6.45, 7) is 20.0. The summed E-state index contributed by atoms with van der Waals surface area (Å²) in [7, 11) is 2.20. The number of hydrogen-bond donors (Lipinski definition) is 1. The molecule has 0 amide bonds. The van der Waals surface area contributed by atoms with Gasteiger partial charge >= 0.3 is 0 Å². The normalized spacial score (nSPS) is 48.9. The summed E-state index contributed by atoms with van der Waals surface area (Å²) >= 11 is 0. The van der Waals surface area contributed by atoms with Gasteiger partial charge in [0.05, 0.1) is 18.1 Å². The monoisotopic (exact) mass is 538 g/mol. The van der Waals surface area contributed by atoms with Crippen LogP contribution < -0.4 is 0 Å². The molecule has 1 N–H and O–H groups in total. The highest BCUT2D eigenvalue weighted by Gasteiger charge is 2.69. The molecule has 6 aliphatic rings. The molecule has 4 heteroatoms. The minimum absolute atomic E-state index is 0.113. The van der Waals surface area contributed by atoms with E-state index in [1.165, 1.54) is 38.5 Å². The number of allylic oxidation sites excluding steroid dienone is 2. The minimum atomic E-state index is -0.194. The Morgan fingerprint density at radius 1 is 0.923 bits per heavy atom. The first-order valence-corrected chi connectivity index (χ1v) is 16.7. The van der Waals surface area contributed by atoms with E-state index in [-0.39, 0.29) is 16.9 Å². The third-order valence-corrected chi connectivity index (χ3v) is 14.7. The average Bonchev–Trinajstić information content (AvgIpc) is 3.30. The number of carbonyl (C=O) groups is 1. The van der Waals surface area contributed by atoms with E-state index in [2.05, 4.69) is 58.4 Å². The first-order chi connectivity index (χ1) is 18.4. The molecule has 4 saturated carbocycles. The summed E-state index contributed by atoms with van der Waals surface area (Å²) in [6.07, 6.45) is 11.7. The summed E-state index contributed by atoms with van der Waals surface area (Å²) in [5, 5.41) is 10.8. The van der Waals surface area contributed by atoms with Crippen LogP contribution in [0.15, 0.2) is 11.1 Å². The molecule has 5 fully saturated rings. The van der Waals surface area contributed by atoms with Gasteiger partial charge in [-0.1, -0.05) is 52.7 Å². The van der Waals surface area contributed by atoms with Crippen LogP contribution in [0.25, 0.3) is 0 Å². The van der Waals surface area contributed by atoms with Crippen molar-refractivity contribution in [3.05, 3.63) is 11.1 Å². The summed E-state index contributed by atoms with van der Waals surface area (Å²) in [4.78, 5) is 19.3. The molecule has 0 aromatic heterocycles. The van der Waals surface area contributed by atoms with Crippen LogP contribution in [0.5, 0.6) is 0 Å². The molecule has 39 heavy (non-hydrogen) atoms. The zero-order chi connectivity index (χ0) is 28.0. The van der Waals surface area contributed by atoms with Gasteiger partial charge in [0.15, 0.2) is 5.78 Å². The van der Waals surface area contributed by atoms with Gasteiger partial charge in [-0.15, -0.1) is 0 Å². The molecular formula is C35H58N2O2. The first kappa shape index (κ1) is 28.4. The quantitative estimate of drug-likeness (QED) is 0.411. The van der Waals surface area contributed by atoms with Crippen molar-refractivity contribution in [2.75, 3.05) is 39.8 Å². The molecule has 0 aromatic rings. The highest BCUT2D eigenvalue weighted by Crippen LogP contribution is 2.76. The zero-order valence-corrected chi connectivity index (χ0v) is 26.3. The van der Waals surface area contributed by atoms with Gasteiger partial charge in [-0.2, -0.15) is 0 Å². The number of carbonyl (C=O) groups excluding carboxylic acids is 1. The summed E-state index contributed by atoms with van der Waals surface area (Å²) < 4.78 is 0. The van der Waals surface area contributed by atoms with E-state index in [9.17, 15) is 9.90 Å². The largest absolute Gasteiger partial charge is 0.393 e. The standard InChI is InChI=1S/C35H58N2O2/c1-23(2)25-10-15-35(30(39)22-37-20-18-36(7)19-21-37)17-16-33(5)27(31(25)35)8-9-29-32(4)13-12-28(38)24(3)26(32)11-14-34(29,33)6/h23-24,26-29,38H,8-22H2,1-7H3/t24?,26?,27?,28?,29?,32?,33-,34?,35?/m1/s1. The van der Waals surface area contributed by atoms with Crippen molar-refractivity contribution < 1.29 is 9.90 Å². The highest BCUT2D eigenvalue weighted by atomic mass is 16.3. The second-order valence-electron chi connectivity index (χ2n) is 16.3. The van der Waals surface area contributed by atoms with Gasteiger partial charge in [-0.3, -0.25) is 9.69 Å². The molecule has 0 bridgehead atoms. The van der Waals surface area contributed by atoms with Crippen LogP contribution in [-0.4, -0.2) is 66.6 Å². The molecule has 1 heterocycles. The Morgan fingerprint density at radius 2 is 1.64 bits per heavy atom. The topological polar surface area (TPSA) is 43.8 Å². The number of rotatable bonds is 4.